The smallest absolute Gasteiger partial charge is 0.497 e. The van der Waals surface area contributed by atoms with Crippen LogP contribution >= 0.6 is 0 Å². The van der Waals surface area contributed by atoms with Crippen molar-refractivity contribution in [3.63, 3.8) is 0 Å². The Hall–Kier alpha value is -2.47. The van der Waals surface area contributed by atoms with Gasteiger partial charge in [-0.25, -0.2) is 0 Å². The number of aliphatic hydroxyl groups excluding tert-OH is 3. The number of hydrogen-bond donors (Lipinski definition) is 3. The predicted octanol–water partition coefficient (Wildman–Crippen LogP) is 2.93. The number of rotatable bonds is 5. The van der Waals surface area contributed by atoms with E-state index < -0.39 is 42.6 Å². The molecule has 0 unspecified atom stereocenters. The molecular weight excluding hydrogens is 431 g/mol. The Morgan fingerprint density at radius 2 is 1.68 bits per heavy atom. The molecule has 4 atom stereocenters. The Labute approximate surface area is 173 Å². The van der Waals surface area contributed by atoms with Gasteiger partial charge in [-0.15, -0.1) is 13.2 Å². The molecule has 11 heteroatoms. The number of ether oxygens (including phenoxy) is 3. The largest absolute Gasteiger partial charge is 0.573 e. The molecule has 0 radical (unpaired) electrons. The minimum Gasteiger partial charge on any atom is -0.497 e. The van der Waals surface area contributed by atoms with Crippen LogP contribution in [-0.4, -0.2) is 53.2 Å². The van der Waals surface area contributed by atoms with Crippen LogP contribution in [0.2, 0.25) is 0 Å². The Balaban J connectivity index is 1.96. The summed E-state index contributed by atoms with van der Waals surface area (Å²) < 4.78 is 79.6. The zero-order chi connectivity index (χ0) is 23.0. The van der Waals surface area contributed by atoms with E-state index in [1.807, 2.05) is 0 Å². The van der Waals surface area contributed by atoms with Crippen molar-refractivity contribution in [2.45, 2.75) is 43.3 Å². The van der Waals surface area contributed by atoms with Gasteiger partial charge in [-0.1, -0.05) is 18.2 Å². The summed E-state index contributed by atoms with van der Waals surface area (Å²) in [5.41, 5.74) is 0.568. The van der Waals surface area contributed by atoms with E-state index in [1.54, 1.807) is 24.3 Å². The maximum Gasteiger partial charge on any atom is 0.573 e. The van der Waals surface area contributed by atoms with E-state index in [2.05, 4.69) is 4.74 Å². The SMILES string of the molecule is COc1ccc(Cc2cc([C@@H]3O[C@H](O)C(F)(F)[C@H](O)[C@H]3O)ccc2OC(F)(F)F)cc1. The zero-order valence-corrected chi connectivity index (χ0v) is 16.0. The van der Waals surface area contributed by atoms with E-state index in [-0.39, 0.29) is 17.5 Å². The molecule has 1 aliphatic rings. The third kappa shape index (κ3) is 5.06. The fourth-order valence-electron chi connectivity index (χ4n) is 3.23. The second-order valence-corrected chi connectivity index (χ2v) is 6.96. The van der Waals surface area contributed by atoms with Crippen molar-refractivity contribution in [2.24, 2.45) is 0 Å². The Bertz CT molecular complexity index is 902. The van der Waals surface area contributed by atoms with Crippen molar-refractivity contribution in [3.8, 4) is 11.5 Å². The van der Waals surface area contributed by atoms with Crippen LogP contribution in [0.3, 0.4) is 0 Å². The molecule has 0 saturated carbocycles. The van der Waals surface area contributed by atoms with Gasteiger partial charge in [0.15, 0.2) is 6.10 Å². The lowest BCUT2D eigenvalue weighted by molar-refractivity contribution is -0.345. The highest BCUT2D eigenvalue weighted by Crippen LogP contribution is 2.41. The summed E-state index contributed by atoms with van der Waals surface area (Å²) in [7, 11) is 1.45. The number of benzene rings is 2. The first-order chi connectivity index (χ1) is 14.4. The molecule has 170 valence electrons. The molecule has 1 aliphatic heterocycles. The molecule has 3 rings (SSSR count). The molecule has 0 bridgehead atoms. The lowest BCUT2D eigenvalue weighted by atomic mass is 9.91. The van der Waals surface area contributed by atoms with E-state index in [1.165, 1.54) is 13.2 Å². The molecule has 6 nitrogen and oxygen atoms in total. The average Bonchev–Trinajstić information content (AvgIpc) is 2.70. The van der Waals surface area contributed by atoms with E-state index in [4.69, 9.17) is 9.47 Å². The van der Waals surface area contributed by atoms with Gasteiger partial charge in [0.25, 0.3) is 0 Å². The van der Waals surface area contributed by atoms with Crippen LogP contribution < -0.4 is 9.47 Å². The van der Waals surface area contributed by atoms with Crippen LogP contribution in [0, 0.1) is 0 Å². The molecule has 3 N–H and O–H groups in total. The van der Waals surface area contributed by atoms with Crippen LogP contribution in [-0.2, 0) is 11.2 Å². The molecule has 31 heavy (non-hydrogen) atoms. The minimum atomic E-state index is -4.98. The van der Waals surface area contributed by atoms with Crippen LogP contribution in [0.25, 0.3) is 0 Å². The maximum absolute atomic E-state index is 13.7. The van der Waals surface area contributed by atoms with Crippen molar-refractivity contribution in [1.29, 1.82) is 0 Å². The molecule has 2 aromatic carbocycles. The highest BCUT2D eigenvalue weighted by Gasteiger charge is 2.57. The lowest BCUT2D eigenvalue weighted by Crippen LogP contribution is -2.58. The van der Waals surface area contributed by atoms with E-state index in [9.17, 15) is 37.3 Å². The van der Waals surface area contributed by atoms with Crippen LogP contribution in [0.15, 0.2) is 42.5 Å². The molecule has 2 aromatic rings. The van der Waals surface area contributed by atoms with Gasteiger partial charge in [0.05, 0.1) is 7.11 Å². The zero-order valence-electron chi connectivity index (χ0n) is 16.0. The standard InChI is InChI=1S/C20H19F5O6/c1-29-13-5-2-10(3-6-13)8-12-9-11(4-7-14(12)31-20(23,24)25)16-15(26)17(27)19(21,22)18(28)30-16/h2-7,9,15-18,26-28H,8H2,1H3/t15-,16-,17+,18-/m0/s1. The van der Waals surface area contributed by atoms with Gasteiger partial charge in [0.2, 0.25) is 6.29 Å². The maximum atomic E-state index is 13.7. The molecule has 1 fully saturated rings. The average molecular weight is 450 g/mol. The van der Waals surface area contributed by atoms with Crippen molar-refractivity contribution >= 4 is 0 Å². The van der Waals surface area contributed by atoms with Crippen LogP contribution in [0.1, 0.15) is 22.8 Å². The molecule has 0 amide bonds. The number of halogens is 5. The Morgan fingerprint density at radius 1 is 1.03 bits per heavy atom. The first kappa shape index (κ1) is 23.2. The molecule has 0 aromatic heterocycles. The topological polar surface area (TPSA) is 88.4 Å². The van der Waals surface area contributed by atoms with Crippen LogP contribution in [0.5, 0.6) is 11.5 Å². The van der Waals surface area contributed by atoms with Gasteiger partial charge in [-0.2, -0.15) is 8.78 Å². The van der Waals surface area contributed by atoms with E-state index >= 15 is 0 Å². The summed E-state index contributed by atoms with van der Waals surface area (Å²) >= 11 is 0. The van der Waals surface area contributed by atoms with Gasteiger partial charge in [0, 0.05) is 6.42 Å². The van der Waals surface area contributed by atoms with Crippen molar-refractivity contribution in [2.75, 3.05) is 7.11 Å². The number of aliphatic hydroxyl groups is 3. The summed E-state index contributed by atoms with van der Waals surface area (Å²) in [4.78, 5) is 0. The van der Waals surface area contributed by atoms with Gasteiger partial charge >= 0.3 is 12.3 Å². The van der Waals surface area contributed by atoms with Crippen molar-refractivity contribution < 1.29 is 51.5 Å². The van der Waals surface area contributed by atoms with Gasteiger partial charge in [0.1, 0.15) is 23.7 Å². The summed E-state index contributed by atoms with van der Waals surface area (Å²) in [5, 5.41) is 29.2. The summed E-state index contributed by atoms with van der Waals surface area (Å²) in [6.07, 6.45) is -14.1. The molecule has 0 aliphatic carbocycles. The fraction of sp³-hybridized carbons (Fsp3) is 0.400. The second-order valence-electron chi connectivity index (χ2n) is 6.96. The van der Waals surface area contributed by atoms with Crippen molar-refractivity contribution in [3.05, 3.63) is 59.2 Å². The van der Waals surface area contributed by atoms with E-state index in [0.717, 1.165) is 12.1 Å². The Kier molecular flexibility index (Phi) is 6.42. The van der Waals surface area contributed by atoms with E-state index in [0.29, 0.717) is 11.3 Å². The third-order valence-electron chi connectivity index (χ3n) is 4.83. The van der Waals surface area contributed by atoms with Gasteiger partial charge in [-0.3, -0.25) is 0 Å². The molecule has 1 saturated heterocycles. The fourth-order valence-corrected chi connectivity index (χ4v) is 3.23. The highest BCUT2D eigenvalue weighted by molar-refractivity contribution is 5.42. The molecule has 0 spiro atoms. The normalized spacial score (nSPS) is 25.8. The Morgan fingerprint density at radius 3 is 2.26 bits per heavy atom. The minimum absolute atomic E-state index is 0.0112. The second kappa shape index (κ2) is 8.58. The van der Waals surface area contributed by atoms with Crippen molar-refractivity contribution in [1.82, 2.24) is 0 Å². The lowest BCUT2D eigenvalue weighted by Gasteiger charge is -2.40. The quantitative estimate of drug-likeness (QED) is 0.608. The first-order valence-electron chi connectivity index (χ1n) is 9.01. The molecular formula is C20H19F5O6. The highest BCUT2D eigenvalue weighted by atomic mass is 19.4. The summed E-state index contributed by atoms with van der Waals surface area (Å²) in [5.74, 6) is -4.13. The summed E-state index contributed by atoms with van der Waals surface area (Å²) in [6.45, 7) is 0. The number of hydrogen-bond acceptors (Lipinski definition) is 6. The number of alkyl halides is 5. The monoisotopic (exact) mass is 450 g/mol. The molecule has 1 heterocycles. The first-order valence-corrected chi connectivity index (χ1v) is 9.01. The third-order valence-corrected chi connectivity index (χ3v) is 4.83. The number of methoxy groups -OCH3 is 1. The summed E-state index contributed by atoms with van der Waals surface area (Å²) in [6, 6.07) is 9.62. The van der Waals surface area contributed by atoms with Gasteiger partial charge in [-0.05, 0) is 41.0 Å². The van der Waals surface area contributed by atoms with Gasteiger partial charge < -0.3 is 29.5 Å². The van der Waals surface area contributed by atoms with Crippen LogP contribution in [0.4, 0.5) is 22.0 Å². The predicted molar refractivity (Wildman–Crippen MR) is 95.7 cm³/mol.